The van der Waals surface area contributed by atoms with Crippen molar-refractivity contribution in [3.8, 4) is 0 Å². The van der Waals surface area contributed by atoms with Gasteiger partial charge in [-0.3, -0.25) is 4.68 Å². The van der Waals surface area contributed by atoms with E-state index in [1.54, 1.807) is 35.3 Å². The molecule has 0 atom stereocenters. The lowest BCUT2D eigenvalue weighted by atomic mass is 10.2. The molecule has 0 bridgehead atoms. The Morgan fingerprint density at radius 1 is 1.24 bits per heavy atom. The van der Waals surface area contributed by atoms with Gasteiger partial charge in [0.15, 0.2) is 5.82 Å². The number of nitrogens with one attached hydrogen (secondary N) is 2. The molecule has 0 saturated heterocycles. The molecule has 0 amide bonds. The van der Waals surface area contributed by atoms with E-state index in [9.17, 15) is 4.39 Å². The lowest BCUT2D eigenvalue weighted by Gasteiger charge is -2.10. The maximum atomic E-state index is 13.7. The number of rotatable bonds is 7. The second-order valence-electron chi connectivity index (χ2n) is 5.18. The van der Waals surface area contributed by atoms with Crippen LogP contribution in [0.1, 0.15) is 5.56 Å². The lowest BCUT2D eigenvalue weighted by molar-refractivity contribution is 0.269. The molecule has 1 aromatic carbocycles. The van der Waals surface area contributed by atoms with Crippen LogP contribution in [0.5, 0.6) is 0 Å². The number of halogens is 2. The van der Waals surface area contributed by atoms with Crippen molar-refractivity contribution in [3.05, 3.63) is 59.3 Å². The number of aliphatic hydroxyl groups excluding tert-OH is 1. The third-order valence-corrected chi connectivity index (χ3v) is 3.64. The number of benzene rings is 1. The molecule has 25 heavy (non-hydrogen) atoms. The van der Waals surface area contributed by atoms with Gasteiger partial charge in [0.2, 0.25) is 5.95 Å². The highest BCUT2D eigenvalue weighted by Crippen LogP contribution is 2.22. The minimum Gasteiger partial charge on any atom is -0.394 e. The van der Waals surface area contributed by atoms with Crippen LogP contribution in [0, 0.1) is 5.82 Å². The fourth-order valence-electron chi connectivity index (χ4n) is 2.15. The van der Waals surface area contributed by atoms with E-state index in [1.807, 2.05) is 0 Å². The standard InChI is InChI=1S/C16H16ClFN6O/c17-13-9-20-16(22-12-8-21-24(10-12)5-6-25)23-15(13)19-7-11-3-1-2-4-14(11)18/h1-4,8-10,25H,5-7H2,(H2,19,20,22,23). The summed E-state index contributed by atoms with van der Waals surface area (Å²) in [5.41, 5.74) is 1.19. The van der Waals surface area contributed by atoms with Crippen molar-refractivity contribution in [1.82, 2.24) is 19.7 Å². The Morgan fingerprint density at radius 3 is 2.88 bits per heavy atom. The second-order valence-corrected chi connectivity index (χ2v) is 5.58. The molecule has 3 aromatic rings. The van der Waals surface area contributed by atoms with Crippen LogP contribution in [0.2, 0.25) is 5.02 Å². The normalized spacial score (nSPS) is 10.7. The van der Waals surface area contributed by atoms with Gasteiger partial charge in [-0.15, -0.1) is 0 Å². The van der Waals surface area contributed by atoms with Crippen LogP contribution >= 0.6 is 11.6 Å². The second kappa shape index (κ2) is 7.91. The highest BCUT2D eigenvalue weighted by Gasteiger charge is 2.08. The van der Waals surface area contributed by atoms with Gasteiger partial charge in [0, 0.05) is 18.3 Å². The summed E-state index contributed by atoms with van der Waals surface area (Å²) in [4.78, 5) is 8.40. The van der Waals surface area contributed by atoms with Crippen LogP contribution < -0.4 is 10.6 Å². The summed E-state index contributed by atoms with van der Waals surface area (Å²) >= 11 is 6.10. The van der Waals surface area contributed by atoms with Crippen LogP contribution in [0.3, 0.4) is 0 Å². The van der Waals surface area contributed by atoms with Crippen LogP contribution in [-0.2, 0) is 13.1 Å². The first-order chi connectivity index (χ1) is 12.2. The zero-order chi connectivity index (χ0) is 17.6. The molecule has 130 valence electrons. The topological polar surface area (TPSA) is 87.9 Å². The Kier molecular flexibility index (Phi) is 5.42. The van der Waals surface area contributed by atoms with Crippen molar-refractivity contribution in [1.29, 1.82) is 0 Å². The molecule has 0 radical (unpaired) electrons. The summed E-state index contributed by atoms with van der Waals surface area (Å²) in [7, 11) is 0. The van der Waals surface area contributed by atoms with Gasteiger partial charge in [0.1, 0.15) is 10.8 Å². The number of nitrogens with zero attached hydrogens (tertiary/aromatic N) is 4. The van der Waals surface area contributed by atoms with E-state index in [0.29, 0.717) is 34.6 Å². The first-order valence-corrected chi connectivity index (χ1v) is 7.93. The summed E-state index contributed by atoms with van der Waals surface area (Å²) in [6.45, 7) is 0.651. The largest absolute Gasteiger partial charge is 0.394 e. The Balaban J connectivity index is 1.70. The van der Waals surface area contributed by atoms with Gasteiger partial charge >= 0.3 is 0 Å². The van der Waals surface area contributed by atoms with Gasteiger partial charge in [-0.1, -0.05) is 29.8 Å². The lowest BCUT2D eigenvalue weighted by Crippen LogP contribution is -2.06. The van der Waals surface area contributed by atoms with Gasteiger partial charge in [-0.25, -0.2) is 9.37 Å². The molecular formula is C16H16ClFN6O. The van der Waals surface area contributed by atoms with Gasteiger partial charge in [-0.05, 0) is 6.07 Å². The molecule has 0 saturated carbocycles. The van der Waals surface area contributed by atoms with E-state index in [0.717, 1.165) is 0 Å². The van der Waals surface area contributed by atoms with Gasteiger partial charge in [-0.2, -0.15) is 10.1 Å². The summed E-state index contributed by atoms with van der Waals surface area (Å²) in [6.07, 6.45) is 4.78. The molecule has 7 nitrogen and oxygen atoms in total. The van der Waals surface area contributed by atoms with Crippen molar-refractivity contribution >= 4 is 29.1 Å². The molecule has 3 rings (SSSR count). The summed E-state index contributed by atoms with van der Waals surface area (Å²) in [5.74, 6) is 0.420. The highest BCUT2D eigenvalue weighted by molar-refractivity contribution is 6.32. The molecule has 9 heteroatoms. The average molecular weight is 363 g/mol. The van der Waals surface area contributed by atoms with E-state index in [-0.39, 0.29) is 19.0 Å². The fraction of sp³-hybridized carbons (Fsp3) is 0.188. The average Bonchev–Trinajstić information content (AvgIpc) is 3.04. The van der Waals surface area contributed by atoms with Crippen molar-refractivity contribution < 1.29 is 9.50 Å². The molecule has 0 fully saturated rings. The summed E-state index contributed by atoms with van der Waals surface area (Å²) < 4.78 is 15.3. The van der Waals surface area contributed by atoms with E-state index in [4.69, 9.17) is 16.7 Å². The minimum absolute atomic E-state index is 0.00266. The fourth-order valence-corrected chi connectivity index (χ4v) is 2.31. The maximum Gasteiger partial charge on any atom is 0.229 e. The van der Waals surface area contributed by atoms with Crippen LogP contribution in [0.15, 0.2) is 42.9 Å². The van der Waals surface area contributed by atoms with Crippen molar-refractivity contribution in [3.63, 3.8) is 0 Å². The Bertz CT molecular complexity index is 856. The molecule has 0 spiro atoms. The Labute approximate surface area is 148 Å². The van der Waals surface area contributed by atoms with Crippen LogP contribution in [0.25, 0.3) is 0 Å². The monoisotopic (exact) mass is 362 g/mol. The quantitative estimate of drug-likeness (QED) is 0.599. The first-order valence-electron chi connectivity index (χ1n) is 7.56. The summed E-state index contributed by atoms with van der Waals surface area (Å²) in [6, 6.07) is 6.48. The van der Waals surface area contributed by atoms with E-state index >= 15 is 0 Å². The Morgan fingerprint density at radius 2 is 2.08 bits per heavy atom. The molecule has 2 aromatic heterocycles. The maximum absolute atomic E-state index is 13.7. The van der Waals surface area contributed by atoms with Crippen molar-refractivity contribution in [2.75, 3.05) is 17.2 Å². The first kappa shape index (κ1) is 17.1. The minimum atomic E-state index is -0.296. The van der Waals surface area contributed by atoms with Gasteiger partial charge in [0.05, 0.1) is 31.2 Å². The van der Waals surface area contributed by atoms with Crippen molar-refractivity contribution in [2.45, 2.75) is 13.1 Å². The number of aromatic nitrogens is 4. The number of anilines is 3. The SMILES string of the molecule is OCCn1cc(Nc2ncc(Cl)c(NCc3ccccc3F)n2)cn1. The summed E-state index contributed by atoms with van der Waals surface area (Å²) in [5, 5.41) is 19.3. The number of hydrogen-bond acceptors (Lipinski definition) is 6. The molecule has 3 N–H and O–H groups in total. The number of aliphatic hydroxyl groups is 1. The third-order valence-electron chi connectivity index (χ3n) is 3.37. The van der Waals surface area contributed by atoms with Gasteiger partial charge < -0.3 is 15.7 Å². The zero-order valence-corrected chi connectivity index (χ0v) is 13.9. The molecule has 0 unspecified atom stereocenters. The van der Waals surface area contributed by atoms with E-state index in [2.05, 4.69) is 25.7 Å². The van der Waals surface area contributed by atoms with Gasteiger partial charge in [0.25, 0.3) is 0 Å². The van der Waals surface area contributed by atoms with Crippen LogP contribution in [-0.4, -0.2) is 31.5 Å². The molecule has 0 aliphatic heterocycles. The van der Waals surface area contributed by atoms with Crippen molar-refractivity contribution in [2.24, 2.45) is 0 Å². The molecule has 0 aliphatic carbocycles. The third kappa shape index (κ3) is 4.43. The molecule has 2 heterocycles. The highest BCUT2D eigenvalue weighted by atomic mass is 35.5. The van der Waals surface area contributed by atoms with E-state index < -0.39 is 0 Å². The molecule has 0 aliphatic rings. The number of hydrogen-bond donors (Lipinski definition) is 3. The van der Waals surface area contributed by atoms with E-state index in [1.165, 1.54) is 12.3 Å². The Hall–Kier alpha value is -2.71. The predicted molar refractivity (Wildman–Crippen MR) is 93.4 cm³/mol. The van der Waals surface area contributed by atoms with Crippen LogP contribution in [0.4, 0.5) is 21.8 Å². The zero-order valence-electron chi connectivity index (χ0n) is 13.2. The smallest absolute Gasteiger partial charge is 0.229 e. The predicted octanol–water partition coefficient (Wildman–Crippen LogP) is 2.81. The molecular weight excluding hydrogens is 347 g/mol.